The van der Waals surface area contributed by atoms with Gasteiger partial charge in [0.1, 0.15) is 6.04 Å². The Bertz CT molecular complexity index is 725. The molecule has 0 aromatic heterocycles. The van der Waals surface area contributed by atoms with Crippen molar-refractivity contribution in [2.75, 3.05) is 13.2 Å². The normalized spacial score (nSPS) is 11.7. The van der Waals surface area contributed by atoms with E-state index in [1.807, 2.05) is 12.1 Å². The van der Waals surface area contributed by atoms with Crippen LogP contribution < -0.4 is 5.32 Å². The highest BCUT2D eigenvalue weighted by Crippen LogP contribution is 2.18. The van der Waals surface area contributed by atoms with Gasteiger partial charge in [0.15, 0.2) is 11.7 Å². The number of amides is 1. The van der Waals surface area contributed by atoms with E-state index in [9.17, 15) is 19.2 Å². The Balaban J connectivity index is 2.96. The summed E-state index contributed by atoms with van der Waals surface area (Å²) in [5.41, 5.74) is 1.41. The molecule has 0 aliphatic carbocycles. The van der Waals surface area contributed by atoms with Crippen LogP contribution in [0.15, 0.2) is 24.3 Å². The van der Waals surface area contributed by atoms with Crippen LogP contribution in [0.25, 0.3) is 0 Å². The van der Waals surface area contributed by atoms with Gasteiger partial charge in [-0.15, -0.1) is 0 Å². The third-order valence-electron chi connectivity index (χ3n) is 5.11. The van der Waals surface area contributed by atoms with Crippen molar-refractivity contribution in [1.29, 1.82) is 0 Å². The summed E-state index contributed by atoms with van der Waals surface area (Å²) in [4.78, 5) is 49.9. The number of aryl methyl sites for hydroxylation is 1. The van der Waals surface area contributed by atoms with E-state index in [0.29, 0.717) is 5.56 Å². The number of ketones is 1. The second-order valence-electron chi connectivity index (χ2n) is 7.74. The Hall–Kier alpha value is -2.70. The standard InChI is InChI=1S/C25H37NO6/c1-5-8-9-10-11-12-13-19-14-16-20(17-15-19)23(28)22(26-18(4)27)21(24(29)31-6-2)25(30)32-7-3/h14-17,21-22H,5-13H2,1-4H3,(H,26,27). The fourth-order valence-corrected chi connectivity index (χ4v) is 3.48. The van der Waals surface area contributed by atoms with Crippen molar-refractivity contribution in [1.82, 2.24) is 5.32 Å². The number of carbonyl (C=O) groups is 4. The minimum Gasteiger partial charge on any atom is -0.465 e. The molecule has 1 rings (SSSR count). The first kappa shape index (κ1) is 27.3. The number of benzene rings is 1. The van der Waals surface area contributed by atoms with Gasteiger partial charge in [-0.3, -0.25) is 19.2 Å². The minimum absolute atomic E-state index is 0.0306. The molecule has 0 radical (unpaired) electrons. The Morgan fingerprint density at radius 1 is 0.812 bits per heavy atom. The van der Waals surface area contributed by atoms with Gasteiger partial charge in [-0.2, -0.15) is 0 Å². The van der Waals surface area contributed by atoms with Crippen molar-refractivity contribution in [3.8, 4) is 0 Å². The second kappa shape index (κ2) is 15.2. The number of ether oxygens (including phenoxy) is 2. The highest BCUT2D eigenvalue weighted by molar-refractivity contribution is 6.09. The van der Waals surface area contributed by atoms with E-state index in [0.717, 1.165) is 18.4 Å². The number of hydrogen-bond acceptors (Lipinski definition) is 6. The molecule has 0 saturated heterocycles. The largest absolute Gasteiger partial charge is 0.465 e. The number of nitrogens with one attached hydrogen (secondary N) is 1. The number of Topliss-reactive ketones (excluding diaryl/α,β-unsaturated/α-hetero) is 1. The van der Waals surface area contributed by atoms with E-state index >= 15 is 0 Å². The predicted octanol–water partition coefficient (Wildman–Crippen LogP) is 4.02. The zero-order valence-corrected chi connectivity index (χ0v) is 19.8. The Kier molecular flexibility index (Phi) is 12.9. The van der Waals surface area contributed by atoms with Crippen LogP contribution in [0.5, 0.6) is 0 Å². The Labute approximate surface area is 191 Å². The lowest BCUT2D eigenvalue weighted by atomic mass is 9.91. The van der Waals surface area contributed by atoms with E-state index in [-0.39, 0.29) is 13.2 Å². The van der Waals surface area contributed by atoms with Crippen molar-refractivity contribution in [3.63, 3.8) is 0 Å². The molecule has 1 N–H and O–H groups in total. The third kappa shape index (κ3) is 9.20. The molecule has 0 bridgehead atoms. The topological polar surface area (TPSA) is 98.8 Å². The maximum atomic E-state index is 13.2. The number of esters is 2. The summed E-state index contributed by atoms with van der Waals surface area (Å²) in [6.45, 7) is 6.67. The molecule has 0 spiro atoms. The van der Waals surface area contributed by atoms with Gasteiger partial charge in [-0.25, -0.2) is 0 Å². The Morgan fingerprint density at radius 3 is 1.84 bits per heavy atom. The monoisotopic (exact) mass is 447 g/mol. The van der Waals surface area contributed by atoms with Crippen LogP contribution in [-0.2, 0) is 30.3 Å². The first-order chi connectivity index (χ1) is 15.3. The number of hydrogen-bond donors (Lipinski definition) is 1. The number of unbranched alkanes of at least 4 members (excludes halogenated alkanes) is 5. The predicted molar refractivity (Wildman–Crippen MR) is 122 cm³/mol. The van der Waals surface area contributed by atoms with Crippen LogP contribution >= 0.6 is 0 Å². The maximum absolute atomic E-state index is 13.2. The smallest absolute Gasteiger partial charge is 0.322 e. The van der Waals surface area contributed by atoms with Crippen molar-refractivity contribution < 1.29 is 28.7 Å². The summed E-state index contributed by atoms with van der Waals surface area (Å²) in [6, 6.07) is 5.66. The van der Waals surface area contributed by atoms with E-state index in [1.54, 1.807) is 26.0 Å². The van der Waals surface area contributed by atoms with Crippen molar-refractivity contribution >= 4 is 23.6 Å². The molecule has 1 aromatic rings. The van der Waals surface area contributed by atoms with E-state index in [1.165, 1.54) is 39.0 Å². The van der Waals surface area contributed by atoms with Crippen LogP contribution in [0.2, 0.25) is 0 Å². The van der Waals surface area contributed by atoms with Gasteiger partial charge in [0.25, 0.3) is 0 Å². The van der Waals surface area contributed by atoms with E-state index in [4.69, 9.17) is 9.47 Å². The van der Waals surface area contributed by atoms with Crippen LogP contribution in [0.3, 0.4) is 0 Å². The van der Waals surface area contributed by atoms with Gasteiger partial charge in [-0.1, -0.05) is 63.3 Å². The molecular formula is C25H37NO6. The fraction of sp³-hybridized carbons (Fsp3) is 0.600. The second-order valence-corrected chi connectivity index (χ2v) is 7.74. The molecule has 7 heteroatoms. The number of rotatable bonds is 15. The maximum Gasteiger partial charge on any atom is 0.322 e. The zero-order valence-electron chi connectivity index (χ0n) is 19.8. The van der Waals surface area contributed by atoms with Crippen LogP contribution in [0, 0.1) is 5.92 Å². The molecule has 0 heterocycles. The summed E-state index contributed by atoms with van der Waals surface area (Å²) in [5.74, 6) is -4.47. The number of carbonyl (C=O) groups excluding carboxylic acids is 4. The van der Waals surface area contributed by atoms with E-state index in [2.05, 4.69) is 12.2 Å². The lowest BCUT2D eigenvalue weighted by molar-refractivity contribution is -0.162. The first-order valence-corrected chi connectivity index (χ1v) is 11.6. The summed E-state index contributed by atoms with van der Waals surface area (Å²) in [5, 5.41) is 2.44. The third-order valence-corrected chi connectivity index (χ3v) is 5.11. The van der Waals surface area contributed by atoms with Gasteiger partial charge >= 0.3 is 11.9 Å². The van der Waals surface area contributed by atoms with Gasteiger partial charge in [-0.05, 0) is 32.3 Å². The summed E-state index contributed by atoms with van der Waals surface area (Å²) >= 11 is 0. The van der Waals surface area contributed by atoms with Crippen LogP contribution in [0.4, 0.5) is 0 Å². The minimum atomic E-state index is -1.57. The van der Waals surface area contributed by atoms with Crippen molar-refractivity contribution in [2.24, 2.45) is 5.92 Å². The molecule has 0 aliphatic heterocycles. The summed E-state index contributed by atoms with van der Waals surface area (Å²) in [6.07, 6.45) is 8.16. The summed E-state index contributed by atoms with van der Waals surface area (Å²) in [7, 11) is 0. The summed E-state index contributed by atoms with van der Waals surface area (Å²) < 4.78 is 9.95. The molecule has 178 valence electrons. The van der Waals surface area contributed by atoms with Crippen LogP contribution in [0.1, 0.15) is 82.1 Å². The van der Waals surface area contributed by atoms with Crippen LogP contribution in [-0.4, -0.2) is 42.9 Å². The first-order valence-electron chi connectivity index (χ1n) is 11.6. The van der Waals surface area contributed by atoms with Gasteiger partial charge in [0.05, 0.1) is 13.2 Å². The highest BCUT2D eigenvalue weighted by atomic mass is 16.6. The average Bonchev–Trinajstić information content (AvgIpc) is 2.76. The molecule has 1 aromatic carbocycles. The van der Waals surface area contributed by atoms with Gasteiger partial charge < -0.3 is 14.8 Å². The molecule has 0 saturated carbocycles. The molecule has 32 heavy (non-hydrogen) atoms. The highest BCUT2D eigenvalue weighted by Gasteiger charge is 2.42. The van der Waals surface area contributed by atoms with Gasteiger partial charge in [0.2, 0.25) is 5.91 Å². The molecule has 1 atom stereocenters. The molecule has 0 aliphatic rings. The lowest BCUT2D eigenvalue weighted by Gasteiger charge is -2.24. The fourth-order valence-electron chi connectivity index (χ4n) is 3.48. The van der Waals surface area contributed by atoms with E-state index < -0.39 is 35.6 Å². The zero-order chi connectivity index (χ0) is 23.9. The molecule has 1 unspecified atom stereocenters. The molecule has 7 nitrogen and oxygen atoms in total. The molecular weight excluding hydrogens is 410 g/mol. The van der Waals surface area contributed by atoms with Crippen molar-refractivity contribution in [2.45, 2.75) is 78.7 Å². The van der Waals surface area contributed by atoms with Gasteiger partial charge in [0, 0.05) is 12.5 Å². The Morgan fingerprint density at radius 2 is 1.34 bits per heavy atom. The van der Waals surface area contributed by atoms with Crippen molar-refractivity contribution in [3.05, 3.63) is 35.4 Å². The SMILES string of the molecule is CCCCCCCCc1ccc(C(=O)C(NC(C)=O)C(C(=O)OCC)C(=O)OCC)cc1. The average molecular weight is 448 g/mol. The quantitative estimate of drug-likeness (QED) is 0.189. The molecule has 1 amide bonds. The lowest BCUT2D eigenvalue weighted by Crippen LogP contribution is -2.51. The molecule has 0 fully saturated rings.